The summed E-state index contributed by atoms with van der Waals surface area (Å²) in [7, 11) is 0. The number of thioether (sulfide) groups is 1. The van der Waals surface area contributed by atoms with Gasteiger partial charge in [0.1, 0.15) is 0 Å². The van der Waals surface area contributed by atoms with E-state index in [0.717, 1.165) is 18.6 Å². The molecule has 0 bridgehead atoms. The zero-order chi connectivity index (χ0) is 7.68. The number of amides is 1. The van der Waals surface area contributed by atoms with Crippen LogP contribution in [-0.4, -0.2) is 23.5 Å². The zero-order valence-corrected chi connectivity index (χ0v) is 7.32. The minimum atomic E-state index is 0.303. The molecule has 11 heavy (non-hydrogen) atoms. The molecule has 0 radical (unpaired) electrons. The first-order chi connectivity index (χ1) is 5.36. The topological polar surface area (TPSA) is 29.1 Å². The van der Waals surface area contributed by atoms with E-state index in [4.69, 9.17) is 0 Å². The van der Waals surface area contributed by atoms with E-state index in [1.807, 2.05) is 11.8 Å². The van der Waals surface area contributed by atoms with Crippen molar-refractivity contribution in [1.82, 2.24) is 5.32 Å². The lowest BCUT2D eigenvalue weighted by Gasteiger charge is -2.09. The Kier molecular flexibility index (Phi) is 2.07. The van der Waals surface area contributed by atoms with Gasteiger partial charge in [0.05, 0.1) is 0 Å². The summed E-state index contributed by atoms with van der Waals surface area (Å²) in [5.74, 6) is 3.02. The van der Waals surface area contributed by atoms with Gasteiger partial charge in [-0.05, 0) is 25.0 Å². The minimum absolute atomic E-state index is 0.303. The van der Waals surface area contributed by atoms with E-state index in [2.05, 4.69) is 5.32 Å². The predicted molar refractivity (Wildman–Crippen MR) is 46.6 cm³/mol. The maximum atomic E-state index is 11.2. The molecule has 3 heteroatoms. The second-order valence-electron chi connectivity index (χ2n) is 3.34. The van der Waals surface area contributed by atoms with Crippen molar-refractivity contribution in [3.8, 4) is 0 Å². The Morgan fingerprint density at radius 1 is 1.36 bits per heavy atom. The molecule has 0 aromatic rings. The lowest BCUT2D eigenvalue weighted by Crippen LogP contribution is -2.35. The number of carbonyl (C=O) groups excluding carboxylic acids is 1. The Morgan fingerprint density at radius 3 is 2.73 bits per heavy atom. The van der Waals surface area contributed by atoms with E-state index in [-0.39, 0.29) is 0 Å². The number of rotatable bonds is 2. The first-order valence-corrected chi connectivity index (χ1v) is 5.40. The van der Waals surface area contributed by atoms with Gasteiger partial charge in [-0.3, -0.25) is 4.79 Å². The van der Waals surface area contributed by atoms with Crippen LogP contribution in [0.2, 0.25) is 0 Å². The molecule has 2 fully saturated rings. The molecule has 1 aliphatic carbocycles. The molecule has 1 unspecified atom stereocenters. The van der Waals surface area contributed by atoms with Crippen molar-refractivity contribution in [2.45, 2.75) is 25.3 Å². The summed E-state index contributed by atoms with van der Waals surface area (Å²) in [6.07, 6.45) is 3.40. The van der Waals surface area contributed by atoms with Crippen LogP contribution in [0.4, 0.5) is 0 Å². The third-order valence-corrected chi connectivity index (χ3v) is 3.39. The lowest BCUT2D eigenvalue weighted by molar-refractivity contribution is -0.122. The number of hydrogen-bond donors (Lipinski definition) is 1. The summed E-state index contributed by atoms with van der Waals surface area (Å²) < 4.78 is 0. The Labute approximate surface area is 71.1 Å². The van der Waals surface area contributed by atoms with E-state index in [0.29, 0.717) is 17.9 Å². The summed E-state index contributed by atoms with van der Waals surface area (Å²) in [5, 5.41) is 3.08. The maximum absolute atomic E-state index is 11.2. The van der Waals surface area contributed by atoms with Gasteiger partial charge in [0, 0.05) is 17.7 Å². The van der Waals surface area contributed by atoms with E-state index in [1.165, 1.54) is 12.2 Å². The van der Waals surface area contributed by atoms with Crippen molar-refractivity contribution in [3.63, 3.8) is 0 Å². The Hall–Kier alpha value is -0.180. The van der Waals surface area contributed by atoms with Gasteiger partial charge in [0.25, 0.3) is 0 Å². The van der Waals surface area contributed by atoms with Crippen LogP contribution in [0, 0.1) is 5.92 Å². The van der Waals surface area contributed by atoms with Crippen LogP contribution in [0.5, 0.6) is 0 Å². The molecule has 1 amide bonds. The van der Waals surface area contributed by atoms with Crippen molar-refractivity contribution < 1.29 is 4.79 Å². The second-order valence-corrected chi connectivity index (χ2v) is 4.49. The molecule has 0 aromatic carbocycles. The first-order valence-electron chi connectivity index (χ1n) is 4.24. The van der Waals surface area contributed by atoms with Gasteiger partial charge in [-0.15, -0.1) is 0 Å². The average Bonchev–Trinajstić information content (AvgIpc) is 2.73. The quantitative estimate of drug-likeness (QED) is 0.672. The molecule has 1 saturated heterocycles. The molecule has 1 N–H and O–H groups in total. The molecule has 0 spiro atoms. The lowest BCUT2D eigenvalue weighted by atomic mass is 10.2. The summed E-state index contributed by atoms with van der Waals surface area (Å²) in [6.45, 7) is 0. The van der Waals surface area contributed by atoms with Gasteiger partial charge in [0.15, 0.2) is 0 Å². The van der Waals surface area contributed by atoms with Crippen molar-refractivity contribution >= 4 is 17.7 Å². The molecule has 2 nitrogen and oxygen atoms in total. The van der Waals surface area contributed by atoms with E-state index >= 15 is 0 Å². The summed E-state index contributed by atoms with van der Waals surface area (Å²) in [4.78, 5) is 11.2. The van der Waals surface area contributed by atoms with Gasteiger partial charge in [0.2, 0.25) is 5.91 Å². The zero-order valence-electron chi connectivity index (χ0n) is 6.51. The number of hydrogen-bond acceptors (Lipinski definition) is 2. The molecule has 1 aliphatic heterocycles. The van der Waals surface area contributed by atoms with Crippen molar-refractivity contribution in [2.24, 2.45) is 5.92 Å². The Balaban J connectivity index is 1.74. The fourth-order valence-corrected chi connectivity index (χ4v) is 2.47. The van der Waals surface area contributed by atoms with Crippen LogP contribution in [-0.2, 0) is 4.79 Å². The largest absolute Gasteiger partial charge is 0.352 e. The van der Waals surface area contributed by atoms with Crippen molar-refractivity contribution in [1.29, 1.82) is 0 Å². The van der Waals surface area contributed by atoms with Gasteiger partial charge in [-0.25, -0.2) is 0 Å². The number of carbonyl (C=O) groups is 1. The highest BCUT2D eigenvalue weighted by Crippen LogP contribution is 2.29. The van der Waals surface area contributed by atoms with Gasteiger partial charge >= 0.3 is 0 Å². The standard InChI is InChI=1S/C8H13NOS/c10-8(6-1-2-6)9-7-3-4-11-5-7/h6-7H,1-5H2,(H,9,10). The highest BCUT2D eigenvalue weighted by Gasteiger charge is 2.31. The van der Waals surface area contributed by atoms with E-state index in [1.54, 1.807) is 0 Å². The van der Waals surface area contributed by atoms with Crippen molar-refractivity contribution in [3.05, 3.63) is 0 Å². The minimum Gasteiger partial charge on any atom is -0.352 e. The fraction of sp³-hybridized carbons (Fsp3) is 0.875. The molecular weight excluding hydrogens is 158 g/mol. The third-order valence-electron chi connectivity index (χ3n) is 2.22. The van der Waals surface area contributed by atoms with Gasteiger partial charge in [-0.1, -0.05) is 0 Å². The van der Waals surface area contributed by atoms with Crippen LogP contribution in [0.15, 0.2) is 0 Å². The van der Waals surface area contributed by atoms with E-state index in [9.17, 15) is 4.79 Å². The molecule has 1 atom stereocenters. The van der Waals surface area contributed by atoms with Gasteiger partial charge in [-0.2, -0.15) is 11.8 Å². The second kappa shape index (κ2) is 3.05. The Bertz CT molecular complexity index is 161. The molecule has 2 aliphatic rings. The molecule has 62 valence electrons. The summed E-state index contributed by atoms with van der Waals surface area (Å²) >= 11 is 1.94. The summed E-state index contributed by atoms with van der Waals surface area (Å²) in [6, 6.07) is 0.480. The smallest absolute Gasteiger partial charge is 0.223 e. The SMILES string of the molecule is O=C(NC1CCSC1)C1CC1. The highest BCUT2D eigenvalue weighted by molar-refractivity contribution is 7.99. The average molecular weight is 171 g/mol. The van der Waals surface area contributed by atoms with E-state index < -0.39 is 0 Å². The van der Waals surface area contributed by atoms with Crippen LogP contribution in [0.25, 0.3) is 0 Å². The number of nitrogens with one attached hydrogen (secondary N) is 1. The first kappa shape index (κ1) is 7.47. The van der Waals surface area contributed by atoms with Gasteiger partial charge < -0.3 is 5.32 Å². The molecule has 2 rings (SSSR count). The monoisotopic (exact) mass is 171 g/mol. The molecular formula is C8H13NOS. The summed E-state index contributed by atoms with van der Waals surface area (Å²) in [5.41, 5.74) is 0. The molecule has 0 aromatic heterocycles. The van der Waals surface area contributed by atoms with Crippen LogP contribution in [0.1, 0.15) is 19.3 Å². The van der Waals surface area contributed by atoms with Crippen LogP contribution < -0.4 is 5.32 Å². The fourth-order valence-electron chi connectivity index (χ4n) is 1.31. The highest BCUT2D eigenvalue weighted by atomic mass is 32.2. The Morgan fingerprint density at radius 2 is 2.18 bits per heavy atom. The predicted octanol–water partition coefficient (Wildman–Crippen LogP) is 1.02. The molecule has 1 saturated carbocycles. The normalized spacial score (nSPS) is 30.4. The third kappa shape index (κ3) is 1.89. The van der Waals surface area contributed by atoms with Crippen molar-refractivity contribution in [2.75, 3.05) is 11.5 Å². The maximum Gasteiger partial charge on any atom is 0.223 e. The van der Waals surface area contributed by atoms with Crippen LogP contribution >= 0.6 is 11.8 Å². The molecule has 1 heterocycles. The van der Waals surface area contributed by atoms with Crippen LogP contribution in [0.3, 0.4) is 0 Å².